The molecule has 0 atom stereocenters. The summed E-state index contributed by atoms with van der Waals surface area (Å²) in [6.07, 6.45) is 6.01. The molecule has 0 bridgehead atoms. The summed E-state index contributed by atoms with van der Waals surface area (Å²) in [6, 6.07) is 56.0. The van der Waals surface area contributed by atoms with E-state index in [1.165, 1.54) is 31.4 Å². The Balaban J connectivity index is 0.000000159. The highest BCUT2D eigenvalue weighted by atomic mass is 35.5. The highest BCUT2D eigenvalue weighted by Gasteiger charge is 2.35. The van der Waals surface area contributed by atoms with Gasteiger partial charge in [-0.05, 0) is 237 Å². The molecule has 7 heterocycles. The second-order valence-corrected chi connectivity index (χ2v) is 35.8. The van der Waals surface area contributed by atoms with Crippen LogP contribution in [0.2, 0.25) is 10.0 Å². The number of carbonyl (C=O) groups excluding carboxylic acids is 4. The van der Waals surface area contributed by atoms with Gasteiger partial charge < -0.3 is 68.5 Å². The van der Waals surface area contributed by atoms with Gasteiger partial charge in [0.2, 0.25) is 0 Å². The first-order valence-corrected chi connectivity index (χ1v) is 47.5. The molecule has 9 aromatic carbocycles. The van der Waals surface area contributed by atoms with Crippen LogP contribution in [0.1, 0.15) is 164 Å². The summed E-state index contributed by atoms with van der Waals surface area (Å²) in [5.74, 6) is 26.6. The Kier molecular flexibility index (Phi) is 36.0. The number of aromatic nitrogens is 5. The highest BCUT2D eigenvalue weighted by molar-refractivity contribution is 6.32. The van der Waals surface area contributed by atoms with Crippen LogP contribution in [0.4, 0.5) is 42.1 Å². The minimum atomic E-state index is -4.55. The maximum atomic E-state index is 14.0. The third kappa shape index (κ3) is 28.4. The Bertz CT molecular complexity index is 7210. The Morgan fingerprint density at radius 1 is 0.468 bits per heavy atom. The summed E-state index contributed by atoms with van der Waals surface area (Å²) in [5.41, 5.74) is 37.7. The third-order valence-electron chi connectivity index (χ3n) is 24.5. The van der Waals surface area contributed by atoms with Gasteiger partial charge in [0.15, 0.2) is 0 Å². The second-order valence-electron chi connectivity index (χ2n) is 34.9. The van der Waals surface area contributed by atoms with Crippen molar-refractivity contribution in [3.63, 3.8) is 0 Å². The number of rotatable bonds is 21. The molecule has 0 saturated carbocycles. The lowest BCUT2D eigenvalue weighted by Crippen LogP contribution is -2.44. The van der Waals surface area contributed by atoms with Crippen LogP contribution in [0.3, 0.4) is 0 Å². The molecule has 0 radical (unpaired) electrons. The standard InChI is InChI=1S/C33H32F3N5O.C29H29N5O2.C26H27ClN4O.C25H27ClN4O/c1-21-8-9-24(18-23(21)11-13-29-28-7-5-4-6-27(28)22(2)38-31(29)37)32(42)39-26-12-10-25(30(19-26)33(34,35)36)20-41-16-14-40(3)15-17-41;1-20-6-9-23(29(35)33-18-21-7-12-25(13-8-21)36-16-15-34(2)3)17-22(20)10-11-24-19-32-28(30)27-26(24)5-4-14-31-27;1-18-5-6-20(26(32)29-11-14-31-12-3-2-4-13-31)15-19(18)8-10-23-24-16-22(27)9-7-21(24)17-30-25(23)28;1-4-30(5-2)13-12-28-25(31)19-7-6-17(3)18(14-19)9-11-22-23-15-21(26)10-8-20(23)16-29-24(22)27/h4-10,12,18-19H,14-17,20H2,1-3H3,(H2,37,38)(H,39,42);4-9,12-14,17,19H,15-16,18H2,1-3H3,(H2,30,32)(H,33,35);5-7,9,15-17H,2-4,11-14H2,1H3,(H2,28,30)(H,29,32);6-8,10,14-16H,4-5,12-13H2,1-3H3,(H2,27,29)(H,28,31). The molecule has 4 amide bonds. The molecule has 12 N–H and O–H groups in total. The zero-order chi connectivity index (χ0) is 100. The number of carbonyl (C=O) groups is 4. The summed E-state index contributed by atoms with van der Waals surface area (Å²) < 4.78 is 47.7. The van der Waals surface area contributed by atoms with Gasteiger partial charge in [0, 0.05) is 200 Å². The number of pyridine rings is 5. The molecule has 28 heteroatoms. The van der Waals surface area contributed by atoms with E-state index < -0.39 is 17.6 Å². The number of piperidine rings is 1. The lowest BCUT2D eigenvalue weighted by Gasteiger charge is -2.33. The molecule has 722 valence electrons. The number of anilines is 5. The molecular weight excluding hydrogens is 1820 g/mol. The zero-order valence-electron chi connectivity index (χ0n) is 80.9. The Morgan fingerprint density at radius 3 is 1.49 bits per heavy atom. The van der Waals surface area contributed by atoms with E-state index in [2.05, 4.69) is 127 Å². The van der Waals surface area contributed by atoms with Gasteiger partial charge >= 0.3 is 6.18 Å². The van der Waals surface area contributed by atoms with Gasteiger partial charge in [0.05, 0.1) is 27.8 Å². The number of nitrogens with one attached hydrogen (secondary N) is 4. The van der Waals surface area contributed by atoms with Crippen LogP contribution in [-0.2, 0) is 19.3 Å². The fourth-order valence-corrected chi connectivity index (χ4v) is 16.3. The van der Waals surface area contributed by atoms with E-state index in [0.29, 0.717) is 117 Å². The largest absolute Gasteiger partial charge is 0.492 e. The summed E-state index contributed by atoms with van der Waals surface area (Å²) in [5, 5.41) is 19.1. The number of ether oxygens (including phenoxy) is 1. The maximum absolute atomic E-state index is 14.0. The van der Waals surface area contributed by atoms with Crippen molar-refractivity contribution in [3.05, 3.63) is 334 Å². The van der Waals surface area contributed by atoms with Gasteiger partial charge in [-0.15, -0.1) is 0 Å². The lowest BCUT2D eigenvalue weighted by molar-refractivity contribution is -0.138. The van der Waals surface area contributed by atoms with Crippen LogP contribution in [0.25, 0.3) is 43.2 Å². The average Bonchev–Trinajstić information content (AvgIpc) is 0.797. The predicted octanol–water partition coefficient (Wildman–Crippen LogP) is 18.3. The van der Waals surface area contributed by atoms with Gasteiger partial charge in [-0.1, -0.05) is 170 Å². The number of amides is 4. The number of likely N-dealkylation sites (N-methyl/N-ethyl adjacent to an activating group) is 3. The molecule has 5 aromatic heterocycles. The monoisotopic (exact) mass is 1930 g/mol. The normalized spacial score (nSPS) is 12.6. The number of piperazine rings is 1. The SMILES string of the molecule is CCN(CC)CCNC(=O)c1ccc(C)c(C#Cc2c(N)ncc3ccc(Cl)cc23)c1.Cc1ccc(C(=O)NCCN2CCCCC2)cc1C#Cc1c(N)ncc2ccc(Cl)cc12.Cc1ccc(C(=O)NCc2ccc(OCCN(C)C)cc2)cc1C#Cc1cnc(N)c2ncccc12.Cc1ccc(C(=O)Nc2ccc(CN3CCN(C)CC3)c(C(F)(F)F)c2)cc1C#Cc1c(N)nc(C)c2ccccc12. The fourth-order valence-electron chi connectivity index (χ4n) is 16.0. The van der Waals surface area contributed by atoms with Crippen LogP contribution in [0.5, 0.6) is 5.75 Å². The first-order chi connectivity index (χ1) is 67.8. The van der Waals surface area contributed by atoms with E-state index in [1.54, 1.807) is 43.0 Å². The van der Waals surface area contributed by atoms with E-state index in [4.69, 9.17) is 50.9 Å². The summed E-state index contributed by atoms with van der Waals surface area (Å²) in [7, 11) is 6.02. The van der Waals surface area contributed by atoms with Crippen LogP contribution in [0, 0.1) is 82.0 Å². The number of nitrogen functional groups attached to an aromatic ring is 4. The summed E-state index contributed by atoms with van der Waals surface area (Å²) in [4.78, 5) is 83.5. The molecule has 141 heavy (non-hydrogen) atoms. The van der Waals surface area contributed by atoms with Crippen molar-refractivity contribution in [3.8, 4) is 53.1 Å². The number of benzene rings is 9. The number of aryl methyl sites for hydroxylation is 5. The summed E-state index contributed by atoms with van der Waals surface area (Å²) >= 11 is 12.3. The van der Waals surface area contributed by atoms with Gasteiger partial charge in [-0.3, -0.25) is 29.1 Å². The smallest absolute Gasteiger partial charge is 0.416 e. The van der Waals surface area contributed by atoms with Gasteiger partial charge in [-0.2, -0.15) is 13.2 Å². The number of nitrogens with two attached hydrogens (primary N) is 4. The molecule has 0 unspecified atom stereocenters. The molecule has 0 aliphatic carbocycles. The molecule has 2 aliphatic rings. The minimum Gasteiger partial charge on any atom is -0.492 e. The van der Waals surface area contributed by atoms with E-state index in [1.807, 2.05) is 212 Å². The van der Waals surface area contributed by atoms with Crippen LogP contribution in [-0.4, -0.2) is 186 Å². The van der Waals surface area contributed by atoms with Gasteiger partial charge in [0.1, 0.15) is 41.1 Å². The lowest BCUT2D eigenvalue weighted by atomic mass is 10.0. The van der Waals surface area contributed by atoms with Crippen LogP contribution >= 0.6 is 23.2 Å². The molecule has 2 saturated heterocycles. The molecule has 2 fully saturated rings. The van der Waals surface area contributed by atoms with E-state index in [0.717, 1.165) is 164 Å². The number of fused-ring (bicyclic) bond motifs is 4. The molecule has 2 aliphatic heterocycles. The fraction of sp³-hybridized carbons (Fsp3) is 0.265. The highest BCUT2D eigenvalue weighted by Crippen LogP contribution is 2.36. The van der Waals surface area contributed by atoms with Gasteiger partial charge in [-0.25, -0.2) is 19.9 Å². The van der Waals surface area contributed by atoms with E-state index in [-0.39, 0.29) is 41.1 Å². The van der Waals surface area contributed by atoms with E-state index in [9.17, 15) is 32.3 Å². The number of alkyl halides is 3. The molecule has 23 nitrogen and oxygen atoms in total. The summed E-state index contributed by atoms with van der Waals surface area (Å²) in [6.45, 7) is 26.2. The van der Waals surface area contributed by atoms with Crippen molar-refractivity contribution in [1.29, 1.82) is 0 Å². The zero-order valence-corrected chi connectivity index (χ0v) is 82.4. The van der Waals surface area contributed by atoms with Crippen molar-refractivity contribution in [2.24, 2.45) is 0 Å². The minimum absolute atomic E-state index is 0.0765. The van der Waals surface area contributed by atoms with Crippen molar-refractivity contribution in [2.45, 2.75) is 87.0 Å². The molecule has 14 aromatic rings. The quantitative estimate of drug-likeness (QED) is 0.0310. The predicted molar refractivity (Wildman–Crippen MR) is 562 cm³/mol. The topological polar surface area (TPSA) is 310 Å². The Morgan fingerprint density at radius 2 is 0.957 bits per heavy atom. The number of likely N-dealkylation sites (tertiary alicyclic amines) is 1. The molecular formula is C113H115Cl2F3N18O5. The van der Waals surface area contributed by atoms with Crippen molar-refractivity contribution in [1.82, 2.24) is 65.4 Å². The van der Waals surface area contributed by atoms with E-state index >= 15 is 0 Å². The maximum Gasteiger partial charge on any atom is 0.416 e. The second kappa shape index (κ2) is 49.1. The van der Waals surface area contributed by atoms with Crippen molar-refractivity contribution in [2.75, 3.05) is 141 Å². The average molecular weight is 1930 g/mol. The number of halogens is 5. The number of hydrogen-bond donors (Lipinski definition) is 8. The van der Waals surface area contributed by atoms with Crippen molar-refractivity contribution >= 4 is 119 Å². The first kappa shape index (κ1) is 103. The van der Waals surface area contributed by atoms with Crippen molar-refractivity contribution < 1.29 is 37.1 Å². The number of nitrogens with zero attached hydrogens (tertiary/aromatic N) is 10. The van der Waals surface area contributed by atoms with Gasteiger partial charge in [0.25, 0.3) is 23.6 Å². The Hall–Kier alpha value is -14.9. The third-order valence-corrected chi connectivity index (χ3v) is 25.0. The Labute approximate surface area is 831 Å². The molecule has 0 spiro atoms. The molecule has 16 rings (SSSR count). The van der Waals surface area contributed by atoms with Crippen LogP contribution < -0.4 is 48.9 Å². The first-order valence-electron chi connectivity index (χ1n) is 46.7. The number of hydrogen-bond acceptors (Lipinski definition) is 19. The van der Waals surface area contributed by atoms with Crippen LogP contribution in [0.15, 0.2) is 213 Å².